The highest BCUT2D eigenvalue weighted by atomic mass is 35.5. The third-order valence-corrected chi connectivity index (χ3v) is 5.50. The zero-order chi connectivity index (χ0) is 22.1. The van der Waals surface area contributed by atoms with Crippen LogP contribution in [0.2, 0.25) is 5.02 Å². The van der Waals surface area contributed by atoms with E-state index < -0.39 is 17.4 Å². The van der Waals surface area contributed by atoms with E-state index in [1.54, 1.807) is 25.3 Å². The second-order valence-electron chi connectivity index (χ2n) is 7.21. The third kappa shape index (κ3) is 4.09. The predicted molar refractivity (Wildman–Crippen MR) is 111 cm³/mol. The zero-order valence-corrected chi connectivity index (χ0v) is 17.3. The molecule has 160 valence electrons. The second kappa shape index (κ2) is 8.35. The number of carbonyl (C=O) groups is 2. The summed E-state index contributed by atoms with van der Waals surface area (Å²) in [6.07, 6.45) is 1.57. The number of nitrogens with one attached hydrogen (secondary N) is 2. The van der Waals surface area contributed by atoms with Gasteiger partial charge in [0.15, 0.2) is 0 Å². The van der Waals surface area contributed by atoms with E-state index in [0.29, 0.717) is 17.0 Å². The van der Waals surface area contributed by atoms with Crippen LogP contribution in [0.25, 0.3) is 5.69 Å². The molecule has 1 atom stereocenters. The summed E-state index contributed by atoms with van der Waals surface area (Å²) in [7, 11) is 0. The Balaban J connectivity index is 1.55. The Morgan fingerprint density at radius 3 is 2.84 bits per heavy atom. The topological polar surface area (TPSA) is 100 Å². The molecule has 0 aliphatic carbocycles. The number of rotatable bonds is 5. The van der Waals surface area contributed by atoms with Crippen molar-refractivity contribution < 1.29 is 14.0 Å². The van der Waals surface area contributed by atoms with Crippen molar-refractivity contribution in [3.8, 4) is 5.69 Å². The zero-order valence-electron chi connectivity index (χ0n) is 16.6. The summed E-state index contributed by atoms with van der Waals surface area (Å²) in [4.78, 5) is 43.6. The lowest BCUT2D eigenvalue weighted by Crippen LogP contribution is -2.46. The van der Waals surface area contributed by atoms with E-state index in [-0.39, 0.29) is 42.0 Å². The SMILES string of the molecule is CC1c2c([nH]n(-c3ccc(F)cc3Cl)c2=O)CC(=O)N1CC(=O)NCc1ccccn1. The second-order valence-corrected chi connectivity index (χ2v) is 7.62. The molecule has 0 bridgehead atoms. The molecule has 31 heavy (non-hydrogen) atoms. The number of pyridine rings is 1. The Kier molecular flexibility index (Phi) is 5.60. The molecular weight excluding hydrogens is 425 g/mol. The minimum Gasteiger partial charge on any atom is -0.349 e. The van der Waals surface area contributed by atoms with Crippen molar-refractivity contribution in [3.05, 3.63) is 80.7 Å². The van der Waals surface area contributed by atoms with Gasteiger partial charge in [0.25, 0.3) is 5.56 Å². The number of fused-ring (bicyclic) bond motifs is 1. The molecule has 0 saturated carbocycles. The number of hydrogen-bond acceptors (Lipinski definition) is 4. The van der Waals surface area contributed by atoms with Crippen molar-refractivity contribution in [2.45, 2.75) is 25.9 Å². The lowest BCUT2D eigenvalue weighted by atomic mass is 10.00. The maximum atomic E-state index is 13.4. The summed E-state index contributed by atoms with van der Waals surface area (Å²) >= 11 is 6.09. The summed E-state index contributed by atoms with van der Waals surface area (Å²) in [6, 6.07) is 8.44. The summed E-state index contributed by atoms with van der Waals surface area (Å²) < 4.78 is 14.6. The molecule has 2 N–H and O–H groups in total. The highest BCUT2D eigenvalue weighted by Gasteiger charge is 2.35. The van der Waals surface area contributed by atoms with Gasteiger partial charge in [-0.05, 0) is 37.3 Å². The van der Waals surface area contributed by atoms with Gasteiger partial charge in [0.05, 0.1) is 46.7 Å². The number of aromatic amines is 1. The van der Waals surface area contributed by atoms with E-state index in [9.17, 15) is 18.8 Å². The van der Waals surface area contributed by atoms with Crippen LogP contribution in [0.4, 0.5) is 4.39 Å². The van der Waals surface area contributed by atoms with Gasteiger partial charge >= 0.3 is 0 Å². The van der Waals surface area contributed by atoms with Gasteiger partial charge < -0.3 is 10.2 Å². The number of halogens is 2. The van der Waals surface area contributed by atoms with Crippen molar-refractivity contribution in [1.29, 1.82) is 0 Å². The fourth-order valence-electron chi connectivity index (χ4n) is 3.65. The molecule has 8 nitrogen and oxygen atoms in total. The average molecular weight is 444 g/mol. The molecule has 2 aromatic heterocycles. The first-order chi connectivity index (χ1) is 14.8. The number of H-pyrrole nitrogens is 1. The van der Waals surface area contributed by atoms with Gasteiger partial charge in [0, 0.05) is 6.20 Å². The Morgan fingerprint density at radius 1 is 1.32 bits per heavy atom. The number of benzene rings is 1. The number of amides is 2. The molecule has 1 unspecified atom stereocenters. The van der Waals surface area contributed by atoms with Gasteiger partial charge in [-0.1, -0.05) is 17.7 Å². The molecule has 1 aliphatic rings. The van der Waals surface area contributed by atoms with Gasteiger partial charge in [-0.15, -0.1) is 0 Å². The summed E-state index contributed by atoms with van der Waals surface area (Å²) in [6.45, 7) is 1.74. The number of aromatic nitrogens is 3. The largest absolute Gasteiger partial charge is 0.349 e. The number of nitrogens with zero attached hydrogens (tertiary/aromatic N) is 3. The molecule has 0 spiro atoms. The van der Waals surface area contributed by atoms with Gasteiger partial charge in [-0.2, -0.15) is 0 Å². The molecule has 0 radical (unpaired) electrons. The van der Waals surface area contributed by atoms with E-state index in [4.69, 9.17) is 11.6 Å². The minimum absolute atomic E-state index is 0.0606. The van der Waals surface area contributed by atoms with Crippen LogP contribution in [-0.2, 0) is 22.6 Å². The Bertz CT molecular complexity index is 1210. The fraction of sp³-hybridized carbons (Fsp3) is 0.238. The molecule has 4 rings (SSSR count). The van der Waals surface area contributed by atoms with Gasteiger partial charge in [-0.3, -0.25) is 24.5 Å². The van der Waals surface area contributed by atoms with Crippen LogP contribution in [0.1, 0.15) is 29.9 Å². The highest BCUT2D eigenvalue weighted by molar-refractivity contribution is 6.32. The molecule has 1 aromatic carbocycles. The standard InChI is InChI=1S/C21H19ClFN5O3/c1-12-20-16(26-28(21(20)31)17-6-5-13(23)8-15(17)22)9-19(30)27(12)11-18(29)25-10-14-4-2-3-7-24-14/h2-8,12,26H,9-11H2,1H3,(H,25,29). The monoisotopic (exact) mass is 443 g/mol. The van der Waals surface area contributed by atoms with Gasteiger partial charge in [0.2, 0.25) is 11.8 Å². The summed E-state index contributed by atoms with van der Waals surface area (Å²) in [5, 5.41) is 5.69. The van der Waals surface area contributed by atoms with Gasteiger partial charge in [0.1, 0.15) is 12.4 Å². The quantitative estimate of drug-likeness (QED) is 0.630. The van der Waals surface area contributed by atoms with Crippen molar-refractivity contribution in [2.24, 2.45) is 0 Å². The molecular formula is C21H19ClFN5O3. The first-order valence-corrected chi connectivity index (χ1v) is 9.98. The Hall–Kier alpha value is -3.46. The van der Waals surface area contributed by atoms with Crippen molar-refractivity contribution in [1.82, 2.24) is 25.0 Å². The molecule has 0 saturated heterocycles. The van der Waals surface area contributed by atoms with Crippen LogP contribution >= 0.6 is 11.6 Å². The van der Waals surface area contributed by atoms with Crippen LogP contribution < -0.4 is 10.9 Å². The first kappa shape index (κ1) is 20.8. The van der Waals surface area contributed by atoms with Crippen molar-refractivity contribution in [3.63, 3.8) is 0 Å². The van der Waals surface area contributed by atoms with Crippen LogP contribution in [0, 0.1) is 5.82 Å². The maximum Gasteiger partial charge on any atom is 0.276 e. The molecule has 3 heterocycles. The maximum absolute atomic E-state index is 13.4. The van der Waals surface area contributed by atoms with E-state index in [1.807, 2.05) is 6.07 Å². The number of hydrogen-bond donors (Lipinski definition) is 2. The average Bonchev–Trinajstić information content (AvgIpc) is 3.06. The number of carbonyl (C=O) groups excluding carboxylic acids is 2. The summed E-state index contributed by atoms with van der Waals surface area (Å²) in [5.74, 6) is -1.16. The molecule has 2 amide bonds. The first-order valence-electron chi connectivity index (χ1n) is 9.60. The van der Waals surface area contributed by atoms with Crippen LogP contribution in [0.3, 0.4) is 0 Å². The lowest BCUT2D eigenvalue weighted by Gasteiger charge is -2.32. The highest BCUT2D eigenvalue weighted by Crippen LogP contribution is 2.28. The van der Waals surface area contributed by atoms with Crippen molar-refractivity contribution in [2.75, 3.05) is 6.54 Å². The lowest BCUT2D eigenvalue weighted by molar-refractivity contribution is -0.138. The Morgan fingerprint density at radius 2 is 2.13 bits per heavy atom. The molecule has 10 heteroatoms. The van der Waals surface area contributed by atoms with E-state index in [2.05, 4.69) is 15.4 Å². The summed E-state index contributed by atoms with van der Waals surface area (Å²) in [5.41, 5.74) is 1.40. The molecule has 1 aliphatic heterocycles. The van der Waals surface area contributed by atoms with E-state index in [0.717, 1.165) is 6.07 Å². The normalized spacial score (nSPS) is 15.6. The van der Waals surface area contributed by atoms with Crippen LogP contribution in [0.5, 0.6) is 0 Å². The van der Waals surface area contributed by atoms with Crippen molar-refractivity contribution >= 4 is 23.4 Å². The fourth-order valence-corrected chi connectivity index (χ4v) is 3.90. The predicted octanol–water partition coefficient (Wildman–Crippen LogP) is 2.12. The molecule has 0 fully saturated rings. The van der Waals surface area contributed by atoms with E-state index in [1.165, 1.54) is 21.7 Å². The van der Waals surface area contributed by atoms with Crippen LogP contribution in [0.15, 0.2) is 47.4 Å². The molecule has 3 aromatic rings. The van der Waals surface area contributed by atoms with E-state index >= 15 is 0 Å². The van der Waals surface area contributed by atoms with Gasteiger partial charge in [-0.25, -0.2) is 9.07 Å². The minimum atomic E-state index is -0.624. The third-order valence-electron chi connectivity index (χ3n) is 5.20. The van der Waals surface area contributed by atoms with Crippen LogP contribution in [-0.4, -0.2) is 38.0 Å². The smallest absolute Gasteiger partial charge is 0.276 e. The Labute approximate surface area is 181 Å².